The zero-order valence-corrected chi connectivity index (χ0v) is 18.9. The van der Waals surface area contributed by atoms with Gasteiger partial charge in [0.15, 0.2) is 5.69 Å². The van der Waals surface area contributed by atoms with Crippen molar-refractivity contribution in [3.8, 4) is 11.4 Å². The number of benzene rings is 1. The van der Waals surface area contributed by atoms with Gasteiger partial charge in [-0.25, -0.2) is 4.98 Å². The molecule has 8 heteroatoms. The van der Waals surface area contributed by atoms with Crippen molar-refractivity contribution in [1.29, 1.82) is 0 Å². The fourth-order valence-corrected chi connectivity index (χ4v) is 3.84. The monoisotopic (exact) mass is 425 g/mol. The Morgan fingerprint density at radius 2 is 1.77 bits per heavy atom. The summed E-state index contributed by atoms with van der Waals surface area (Å²) in [5, 5.41) is 5.49. The number of fused-ring (bicyclic) bond motifs is 1. The van der Waals surface area contributed by atoms with Crippen LogP contribution in [0.25, 0.3) is 11.4 Å². The van der Waals surface area contributed by atoms with Crippen LogP contribution in [0.3, 0.4) is 0 Å². The summed E-state index contributed by atoms with van der Waals surface area (Å²) in [7, 11) is 1.55. The quantitative estimate of drug-likeness (QED) is 0.785. The van der Waals surface area contributed by atoms with E-state index in [0.29, 0.717) is 31.2 Å². The molecule has 1 aliphatic heterocycles. The smallest absolute Gasteiger partial charge is 0.272 e. The van der Waals surface area contributed by atoms with Crippen LogP contribution in [0.4, 0.5) is 0 Å². The van der Waals surface area contributed by atoms with E-state index in [0.717, 1.165) is 12.0 Å². The molecular weight excluding hydrogens is 394 g/mol. The Hall–Kier alpha value is -3.16. The van der Waals surface area contributed by atoms with Crippen LogP contribution in [-0.4, -0.2) is 51.8 Å². The molecule has 2 aromatic rings. The van der Waals surface area contributed by atoms with E-state index < -0.39 is 17.4 Å². The molecule has 0 unspecified atom stereocenters. The number of aromatic nitrogens is 2. The molecule has 0 bridgehead atoms. The third kappa shape index (κ3) is 4.78. The van der Waals surface area contributed by atoms with Gasteiger partial charge in [-0.05, 0) is 11.8 Å². The Kier molecular flexibility index (Phi) is 6.48. The summed E-state index contributed by atoms with van der Waals surface area (Å²) in [5.41, 5.74) is 1.36. The highest BCUT2D eigenvalue weighted by Crippen LogP contribution is 2.27. The number of nitrogens with zero attached hydrogens (tertiary/aromatic N) is 3. The normalized spacial score (nSPS) is 14.9. The first-order chi connectivity index (χ1) is 14.6. The zero-order valence-electron chi connectivity index (χ0n) is 18.9. The van der Waals surface area contributed by atoms with Crippen LogP contribution in [0.2, 0.25) is 0 Å². The Morgan fingerprint density at radius 1 is 1.10 bits per heavy atom. The van der Waals surface area contributed by atoms with E-state index >= 15 is 0 Å². The molecule has 166 valence electrons. The minimum absolute atomic E-state index is 0.0415. The van der Waals surface area contributed by atoms with Gasteiger partial charge in [0.05, 0.1) is 12.2 Å². The average molecular weight is 426 g/mol. The number of amides is 3. The zero-order chi connectivity index (χ0) is 22.8. The van der Waals surface area contributed by atoms with Crippen molar-refractivity contribution in [2.24, 2.45) is 5.41 Å². The summed E-state index contributed by atoms with van der Waals surface area (Å²) in [4.78, 5) is 44.3. The summed E-state index contributed by atoms with van der Waals surface area (Å²) in [6.45, 7) is 8.80. The number of imidazole rings is 1. The number of carbonyl (C=O) groups is 3. The molecule has 3 rings (SSSR count). The predicted octanol–water partition coefficient (Wildman–Crippen LogP) is 2.19. The summed E-state index contributed by atoms with van der Waals surface area (Å²) in [6.07, 6.45) is 0.771. The highest BCUT2D eigenvalue weighted by molar-refractivity contribution is 5.98. The van der Waals surface area contributed by atoms with E-state index in [1.165, 1.54) is 6.92 Å². The van der Waals surface area contributed by atoms with Gasteiger partial charge in [0.2, 0.25) is 11.8 Å². The van der Waals surface area contributed by atoms with Gasteiger partial charge in [-0.1, -0.05) is 51.1 Å². The van der Waals surface area contributed by atoms with E-state index in [4.69, 9.17) is 4.98 Å². The first-order valence-electron chi connectivity index (χ1n) is 10.6. The molecule has 1 aromatic carbocycles. The molecule has 0 aliphatic carbocycles. The Bertz CT molecular complexity index is 975. The minimum atomic E-state index is -0.725. The van der Waals surface area contributed by atoms with E-state index in [1.54, 1.807) is 11.9 Å². The summed E-state index contributed by atoms with van der Waals surface area (Å²) < 4.78 is 2.03. The highest BCUT2D eigenvalue weighted by Gasteiger charge is 2.35. The Labute approximate surface area is 183 Å². The van der Waals surface area contributed by atoms with Crippen molar-refractivity contribution in [3.63, 3.8) is 0 Å². The first kappa shape index (κ1) is 22.5. The van der Waals surface area contributed by atoms with Crippen molar-refractivity contribution in [3.05, 3.63) is 41.7 Å². The number of rotatable bonds is 4. The predicted molar refractivity (Wildman–Crippen MR) is 118 cm³/mol. The van der Waals surface area contributed by atoms with Gasteiger partial charge in [-0.15, -0.1) is 0 Å². The lowest BCUT2D eigenvalue weighted by molar-refractivity contribution is -0.129. The first-order valence-corrected chi connectivity index (χ1v) is 10.6. The van der Waals surface area contributed by atoms with Gasteiger partial charge in [-0.2, -0.15) is 0 Å². The molecule has 3 amide bonds. The van der Waals surface area contributed by atoms with Gasteiger partial charge in [-0.3, -0.25) is 14.4 Å². The summed E-state index contributed by atoms with van der Waals surface area (Å²) in [6, 6.07) is 8.96. The molecule has 0 spiro atoms. The second kappa shape index (κ2) is 8.91. The third-order valence-electron chi connectivity index (χ3n) is 5.57. The molecule has 1 aromatic heterocycles. The number of carbonyl (C=O) groups excluding carboxylic acids is 3. The molecule has 0 radical (unpaired) electrons. The molecule has 0 saturated heterocycles. The lowest BCUT2D eigenvalue weighted by atomic mass is 9.86. The van der Waals surface area contributed by atoms with Crippen molar-refractivity contribution < 1.29 is 14.4 Å². The molecule has 1 atom stereocenters. The van der Waals surface area contributed by atoms with E-state index in [9.17, 15) is 14.4 Å². The number of nitrogens with one attached hydrogen (secondary N) is 2. The van der Waals surface area contributed by atoms with Crippen LogP contribution in [0, 0.1) is 5.41 Å². The van der Waals surface area contributed by atoms with Crippen molar-refractivity contribution in [2.75, 3.05) is 13.6 Å². The topological polar surface area (TPSA) is 96.3 Å². The fourth-order valence-electron chi connectivity index (χ4n) is 3.84. The average Bonchev–Trinajstić information content (AvgIpc) is 2.93. The number of likely N-dealkylation sites (N-methyl/N-ethyl adjacent to an activating group) is 1. The van der Waals surface area contributed by atoms with Crippen LogP contribution in [0.1, 0.15) is 50.3 Å². The standard InChI is InChI=1S/C23H31N5O3/c1-15(29)27-12-9-13-28-17(14-27)18(25-20(28)16-10-7-6-8-11-16)21(30)26-19(22(31)24-5)23(2,3)4/h6-8,10-11,19H,9,12-14H2,1-5H3,(H,24,31)(H,26,30)/t19-/m1/s1. The minimum Gasteiger partial charge on any atom is -0.357 e. The number of hydrogen-bond acceptors (Lipinski definition) is 4. The Balaban J connectivity index is 2.07. The molecular formula is C23H31N5O3. The molecule has 2 N–H and O–H groups in total. The van der Waals surface area contributed by atoms with E-state index in [2.05, 4.69) is 10.6 Å². The van der Waals surface area contributed by atoms with Crippen LogP contribution in [0.15, 0.2) is 30.3 Å². The van der Waals surface area contributed by atoms with E-state index in [1.807, 2.05) is 55.7 Å². The largest absolute Gasteiger partial charge is 0.357 e. The van der Waals surface area contributed by atoms with Gasteiger partial charge in [0.1, 0.15) is 11.9 Å². The second-order valence-electron chi connectivity index (χ2n) is 8.93. The van der Waals surface area contributed by atoms with Gasteiger partial charge in [0.25, 0.3) is 5.91 Å². The van der Waals surface area contributed by atoms with Crippen LogP contribution in [0.5, 0.6) is 0 Å². The third-order valence-corrected chi connectivity index (χ3v) is 5.57. The van der Waals surface area contributed by atoms with Crippen LogP contribution < -0.4 is 10.6 Å². The summed E-state index contributed by atoms with van der Waals surface area (Å²) >= 11 is 0. The highest BCUT2D eigenvalue weighted by atomic mass is 16.2. The molecule has 2 heterocycles. The maximum atomic E-state index is 13.4. The SMILES string of the molecule is CNC(=O)[C@@H](NC(=O)c1nc(-c2ccccc2)n2c1CN(C(C)=O)CCC2)C(C)(C)C. The number of hydrogen-bond donors (Lipinski definition) is 2. The molecule has 1 aliphatic rings. The van der Waals surface area contributed by atoms with Crippen LogP contribution >= 0.6 is 0 Å². The molecule has 8 nitrogen and oxygen atoms in total. The van der Waals surface area contributed by atoms with Gasteiger partial charge < -0.3 is 20.1 Å². The van der Waals surface area contributed by atoms with Crippen molar-refractivity contribution in [2.45, 2.75) is 53.2 Å². The van der Waals surface area contributed by atoms with Gasteiger partial charge >= 0.3 is 0 Å². The fraction of sp³-hybridized carbons (Fsp3) is 0.478. The maximum Gasteiger partial charge on any atom is 0.272 e. The maximum absolute atomic E-state index is 13.4. The van der Waals surface area contributed by atoms with E-state index in [-0.39, 0.29) is 17.5 Å². The Morgan fingerprint density at radius 3 is 2.35 bits per heavy atom. The molecule has 31 heavy (non-hydrogen) atoms. The lowest BCUT2D eigenvalue weighted by Gasteiger charge is -2.29. The van der Waals surface area contributed by atoms with Gasteiger partial charge in [0, 0.05) is 32.6 Å². The van der Waals surface area contributed by atoms with Crippen LogP contribution in [-0.2, 0) is 22.7 Å². The second-order valence-corrected chi connectivity index (χ2v) is 8.93. The molecule has 0 saturated carbocycles. The molecule has 0 fully saturated rings. The van der Waals surface area contributed by atoms with Crippen molar-refractivity contribution in [1.82, 2.24) is 25.1 Å². The van der Waals surface area contributed by atoms with Crippen molar-refractivity contribution >= 4 is 17.7 Å². The lowest BCUT2D eigenvalue weighted by Crippen LogP contribution is -2.53. The summed E-state index contributed by atoms with van der Waals surface area (Å²) in [5.74, 6) is -0.0294.